The zero-order valence-corrected chi connectivity index (χ0v) is 12.4. The molecule has 2 rings (SSSR count). The van der Waals surface area contributed by atoms with Gasteiger partial charge in [-0.15, -0.1) is 0 Å². The third-order valence-electron chi connectivity index (χ3n) is 2.94. The van der Waals surface area contributed by atoms with E-state index in [1.165, 1.54) is 12.1 Å². The summed E-state index contributed by atoms with van der Waals surface area (Å²) in [5.74, 6) is -1.53. The van der Waals surface area contributed by atoms with Crippen molar-refractivity contribution in [2.75, 3.05) is 11.9 Å². The Morgan fingerprint density at radius 2 is 1.87 bits per heavy atom. The Kier molecular flexibility index (Phi) is 5.24. The summed E-state index contributed by atoms with van der Waals surface area (Å²) in [7, 11) is 0. The molecule has 0 fully saturated rings. The van der Waals surface area contributed by atoms with E-state index in [0.717, 1.165) is 22.9 Å². The Balaban J connectivity index is 2.01. The van der Waals surface area contributed by atoms with Gasteiger partial charge in [0.1, 0.15) is 12.4 Å². The zero-order valence-electron chi connectivity index (χ0n) is 12.4. The molecule has 23 heavy (non-hydrogen) atoms. The zero-order chi connectivity index (χ0) is 16.8. The third-order valence-corrected chi connectivity index (χ3v) is 2.94. The van der Waals surface area contributed by atoms with Gasteiger partial charge in [-0.05, 0) is 37.3 Å². The van der Waals surface area contributed by atoms with E-state index in [0.29, 0.717) is 11.3 Å². The highest BCUT2D eigenvalue weighted by Gasteiger charge is 2.08. The summed E-state index contributed by atoms with van der Waals surface area (Å²) in [4.78, 5) is 34.9. The van der Waals surface area contributed by atoms with Crippen LogP contribution in [0.5, 0.6) is 0 Å². The van der Waals surface area contributed by atoms with Crippen molar-refractivity contribution >= 4 is 17.6 Å². The van der Waals surface area contributed by atoms with Gasteiger partial charge in [0.15, 0.2) is 0 Å². The SMILES string of the molecule is CCOC(=O)c1ccc(NC(=O)Cn2cc(F)ccc2=O)cc1. The maximum atomic E-state index is 13.1. The molecule has 0 aliphatic rings. The first kappa shape index (κ1) is 16.4. The molecule has 0 unspecified atom stereocenters. The summed E-state index contributed by atoms with van der Waals surface area (Å²) < 4.78 is 18.9. The van der Waals surface area contributed by atoms with Crippen LogP contribution in [0, 0.1) is 5.82 Å². The smallest absolute Gasteiger partial charge is 0.338 e. The Morgan fingerprint density at radius 3 is 2.52 bits per heavy atom. The number of hydrogen-bond acceptors (Lipinski definition) is 4. The number of hydrogen-bond donors (Lipinski definition) is 1. The second kappa shape index (κ2) is 7.35. The molecule has 2 aromatic rings. The van der Waals surface area contributed by atoms with Crippen LogP contribution in [0.4, 0.5) is 10.1 Å². The highest BCUT2D eigenvalue weighted by Crippen LogP contribution is 2.10. The van der Waals surface area contributed by atoms with Gasteiger partial charge in [-0.1, -0.05) is 0 Å². The van der Waals surface area contributed by atoms with Crippen LogP contribution in [0.15, 0.2) is 47.4 Å². The van der Waals surface area contributed by atoms with Crippen LogP contribution in [0.3, 0.4) is 0 Å². The van der Waals surface area contributed by atoms with Crippen LogP contribution in [0.1, 0.15) is 17.3 Å². The minimum atomic E-state index is -0.601. The Hall–Kier alpha value is -2.96. The number of nitrogens with zero attached hydrogens (tertiary/aromatic N) is 1. The molecule has 1 amide bonds. The van der Waals surface area contributed by atoms with Crippen molar-refractivity contribution in [2.24, 2.45) is 0 Å². The number of pyridine rings is 1. The van der Waals surface area contributed by atoms with E-state index in [-0.39, 0.29) is 13.2 Å². The fourth-order valence-electron chi connectivity index (χ4n) is 1.89. The Morgan fingerprint density at radius 1 is 1.17 bits per heavy atom. The molecule has 0 bridgehead atoms. The number of halogens is 1. The van der Waals surface area contributed by atoms with Gasteiger partial charge in [0.25, 0.3) is 5.56 Å². The molecule has 0 spiro atoms. The molecule has 1 aromatic carbocycles. The number of aromatic nitrogens is 1. The third kappa shape index (κ3) is 4.50. The predicted octanol–water partition coefficient (Wildman–Crippen LogP) is 1.80. The molecule has 7 heteroatoms. The van der Waals surface area contributed by atoms with Gasteiger partial charge in [0, 0.05) is 18.0 Å². The quantitative estimate of drug-likeness (QED) is 0.853. The minimum Gasteiger partial charge on any atom is -0.462 e. The molecule has 0 radical (unpaired) electrons. The average Bonchev–Trinajstić information content (AvgIpc) is 2.52. The molecule has 1 aromatic heterocycles. The topological polar surface area (TPSA) is 77.4 Å². The molecule has 0 saturated heterocycles. The molecule has 120 valence electrons. The fourth-order valence-corrected chi connectivity index (χ4v) is 1.89. The summed E-state index contributed by atoms with van der Waals surface area (Å²) in [5.41, 5.74) is 0.345. The standard InChI is InChI=1S/C16H15FN2O4/c1-2-23-16(22)11-3-6-13(7-4-11)18-14(20)10-19-9-12(17)5-8-15(19)21/h3-9H,2,10H2,1H3,(H,18,20). The van der Waals surface area contributed by atoms with Crippen molar-refractivity contribution in [3.8, 4) is 0 Å². The van der Waals surface area contributed by atoms with E-state index in [9.17, 15) is 18.8 Å². The second-order valence-corrected chi connectivity index (χ2v) is 4.66. The largest absolute Gasteiger partial charge is 0.462 e. The van der Waals surface area contributed by atoms with Crippen LogP contribution in [0.25, 0.3) is 0 Å². The molecule has 0 aliphatic carbocycles. The number of rotatable bonds is 5. The van der Waals surface area contributed by atoms with E-state index >= 15 is 0 Å². The van der Waals surface area contributed by atoms with Gasteiger partial charge < -0.3 is 14.6 Å². The number of amides is 1. The number of carbonyl (C=O) groups is 2. The van der Waals surface area contributed by atoms with Gasteiger partial charge in [-0.2, -0.15) is 0 Å². The monoisotopic (exact) mass is 318 g/mol. The summed E-state index contributed by atoms with van der Waals surface area (Å²) in [6, 6.07) is 8.20. The molecule has 0 atom stereocenters. The van der Waals surface area contributed by atoms with Gasteiger partial charge in [0.05, 0.1) is 12.2 Å². The lowest BCUT2D eigenvalue weighted by molar-refractivity contribution is -0.116. The summed E-state index contributed by atoms with van der Waals surface area (Å²) >= 11 is 0. The van der Waals surface area contributed by atoms with Gasteiger partial charge in [-0.3, -0.25) is 9.59 Å². The summed E-state index contributed by atoms with van der Waals surface area (Å²) in [5, 5.41) is 2.56. The molecule has 0 aliphatic heterocycles. The first-order valence-corrected chi connectivity index (χ1v) is 6.92. The second-order valence-electron chi connectivity index (χ2n) is 4.66. The van der Waals surface area contributed by atoms with Crippen molar-refractivity contribution in [1.82, 2.24) is 4.57 Å². The van der Waals surface area contributed by atoms with E-state index in [1.54, 1.807) is 19.1 Å². The lowest BCUT2D eigenvalue weighted by atomic mass is 10.2. The number of ether oxygens (including phenoxy) is 1. The van der Waals surface area contributed by atoms with E-state index < -0.39 is 23.3 Å². The summed E-state index contributed by atoms with van der Waals surface area (Å²) in [6.07, 6.45) is 0.964. The van der Waals surface area contributed by atoms with Crippen LogP contribution >= 0.6 is 0 Å². The first-order valence-electron chi connectivity index (χ1n) is 6.92. The van der Waals surface area contributed by atoms with Crippen molar-refractivity contribution in [3.63, 3.8) is 0 Å². The predicted molar refractivity (Wildman–Crippen MR) is 81.7 cm³/mol. The van der Waals surface area contributed by atoms with Crippen LogP contribution in [0.2, 0.25) is 0 Å². The average molecular weight is 318 g/mol. The van der Waals surface area contributed by atoms with Crippen LogP contribution in [-0.4, -0.2) is 23.1 Å². The van der Waals surface area contributed by atoms with E-state index in [1.807, 2.05) is 0 Å². The van der Waals surface area contributed by atoms with Gasteiger partial charge >= 0.3 is 5.97 Å². The Labute approximate surface area is 131 Å². The van der Waals surface area contributed by atoms with E-state index in [4.69, 9.17) is 4.74 Å². The molecule has 6 nitrogen and oxygen atoms in total. The highest BCUT2D eigenvalue weighted by atomic mass is 19.1. The van der Waals surface area contributed by atoms with Gasteiger partial charge in [0.2, 0.25) is 5.91 Å². The number of nitrogens with one attached hydrogen (secondary N) is 1. The molecular weight excluding hydrogens is 303 g/mol. The van der Waals surface area contributed by atoms with Crippen LogP contribution in [-0.2, 0) is 16.1 Å². The number of anilines is 1. The molecular formula is C16H15FN2O4. The maximum absolute atomic E-state index is 13.1. The highest BCUT2D eigenvalue weighted by molar-refractivity contribution is 5.92. The molecule has 1 N–H and O–H groups in total. The normalized spacial score (nSPS) is 10.2. The first-order chi connectivity index (χ1) is 11.0. The number of esters is 1. The van der Waals surface area contributed by atoms with Crippen LogP contribution < -0.4 is 10.9 Å². The molecule has 1 heterocycles. The van der Waals surface area contributed by atoms with Crippen molar-refractivity contribution in [3.05, 3.63) is 64.3 Å². The van der Waals surface area contributed by atoms with Gasteiger partial charge in [-0.25, -0.2) is 9.18 Å². The van der Waals surface area contributed by atoms with E-state index in [2.05, 4.69) is 5.32 Å². The maximum Gasteiger partial charge on any atom is 0.338 e. The van der Waals surface area contributed by atoms with Crippen molar-refractivity contribution in [1.29, 1.82) is 0 Å². The summed E-state index contributed by atoms with van der Waals surface area (Å²) in [6.45, 7) is 1.68. The fraction of sp³-hybridized carbons (Fsp3) is 0.188. The number of carbonyl (C=O) groups excluding carboxylic acids is 2. The molecule has 0 saturated carbocycles. The lowest BCUT2D eigenvalue weighted by Crippen LogP contribution is -2.27. The lowest BCUT2D eigenvalue weighted by Gasteiger charge is -2.08. The van der Waals surface area contributed by atoms with Crippen molar-refractivity contribution in [2.45, 2.75) is 13.5 Å². The van der Waals surface area contributed by atoms with Crippen molar-refractivity contribution < 1.29 is 18.7 Å². The minimum absolute atomic E-state index is 0.277. The Bertz CT molecular complexity index is 768. The number of benzene rings is 1.